The van der Waals surface area contributed by atoms with Crippen LogP contribution in [0.15, 0.2) is 53.4 Å². The average molecular weight is 240 g/mol. The molecule has 0 saturated heterocycles. The number of para-hydroxylation sites is 1. The topological polar surface area (TPSA) is 29.3 Å². The Balaban J connectivity index is 1.91. The summed E-state index contributed by atoms with van der Waals surface area (Å²) in [4.78, 5) is 1.37. The number of thioether (sulfide) groups is 1. The number of benzene rings is 2. The number of nitrogens with zero attached hydrogens (tertiary/aromatic N) is 1. The Morgan fingerprint density at radius 1 is 0.941 bits per heavy atom. The third-order valence-electron chi connectivity index (χ3n) is 3.60. The van der Waals surface area contributed by atoms with Crippen molar-refractivity contribution in [2.45, 2.75) is 16.2 Å². The van der Waals surface area contributed by atoms with E-state index in [-0.39, 0.29) is 0 Å². The molecule has 0 radical (unpaired) electrons. The van der Waals surface area contributed by atoms with Crippen molar-refractivity contribution < 1.29 is 0 Å². The third kappa shape index (κ3) is 1.15. The molecular formula is C14H12N2S. The van der Waals surface area contributed by atoms with Crippen LogP contribution in [-0.2, 0) is 0 Å². The van der Waals surface area contributed by atoms with Crippen LogP contribution in [0, 0.1) is 0 Å². The van der Waals surface area contributed by atoms with Crippen molar-refractivity contribution in [3.63, 3.8) is 0 Å². The normalized spacial score (nSPS) is 24.4. The van der Waals surface area contributed by atoms with E-state index in [1.54, 1.807) is 0 Å². The minimum atomic E-state index is 0.300. The molecule has 2 aromatic carbocycles. The number of fused-ring (bicyclic) bond motifs is 5. The fourth-order valence-corrected chi connectivity index (χ4v) is 4.33. The fourth-order valence-electron chi connectivity index (χ4n) is 2.84. The summed E-state index contributed by atoms with van der Waals surface area (Å²) in [7, 11) is 0. The summed E-state index contributed by atoms with van der Waals surface area (Å²) in [6, 6.07) is 17.3. The highest BCUT2D eigenvalue weighted by atomic mass is 32.2. The van der Waals surface area contributed by atoms with E-state index in [1.807, 2.05) is 16.8 Å². The molecule has 2 aromatic rings. The molecule has 0 aromatic heterocycles. The Bertz CT molecular complexity index is 596. The lowest BCUT2D eigenvalue weighted by Gasteiger charge is -2.21. The van der Waals surface area contributed by atoms with Crippen molar-refractivity contribution >= 4 is 17.4 Å². The van der Waals surface area contributed by atoms with E-state index < -0.39 is 0 Å². The molecule has 0 amide bonds. The summed E-state index contributed by atoms with van der Waals surface area (Å²) in [6.07, 6.45) is 0. The third-order valence-corrected chi connectivity index (χ3v) is 4.99. The lowest BCUT2D eigenvalue weighted by atomic mass is 10.0. The van der Waals surface area contributed by atoms with Crippen molar-refractivity contribution in [2.75, 3.05) is 5.01 Å². The maximum Gasteiger partial charge on any atom is 0.0876 e. The van der Waals surface area contributed by atoms with Crippen molar-refractivity contribution in [1.29, 1.82) is 0 Å². The number of hydrazine groups is 1. The fraction of sp³-hybridized carbons (Fsp3) is 0.143. The number of nitrogens with two attached hydrogens (primary N) is 1. The Morgan fingerprint density at radius 2 is 1.65 bits per heavy atom. The highest BCUT2D eigenvalue weighted by Gasteiger charge is 2.44. The highest BCUT2D eigenvalue weighted by Crippen LogP contribution is 2.61. The standard InChI is InChI=1S/C14H12N2S/c15-16-11-7-3-1-5-9(11)14-13(16)10-6-2-4-8-12(10)17-14/h1-8,13-14H,15H2. The van der Waals surface area contributed by atoms with Crippen molar-refractivity contribution in [2.24, 2.45) is 5.84 Å². The molecule has 0 bridgehead atoms. The summed E-state index contributed by atoms with van der Waals surface area (Å²) >= 11 is 1.93. The molecule has 2 aliphatic heterocycles. The highest BCUT2D eigenvalue weighted by molar-refractivity contribution is 8.00. The maximum absolute atomic E-state index is 6.27. The first-order chi connectivity index (χ1) is 8.36. The van der Waals surface area contributed by atoms with E-state index in [9.17, 15) is 0 Å². The Labute approximate surface area is 104 Å². The van der Waals surface area contributed by atoms with Gasteiger partial charge in [0, 0.05) is 4.90 Å². The molecule has 0 saturated carbocycles. The van der Waals surface area contributed by atoms with Crippen LogP contribution < -0.4 is 10.9 Å². The van der Waals surface area contributed by atoms with Crippen LogP contribution in [0.1, 0.15) is 22.4 Å². The summed E-state index contributed by atoms with van der Waals surface area (Å²) < 4.78 is 0. The molecule has 17 heavy (non-hydrogen) atoms. The largest absolute Gasteiger partial charge is 0.302 e. The van der Waals surface area contributed by atoms with Gasteiger partial charge in [0.25, 0.3) is 0 Å². The zero-order valence-electron chi connectivity index (χ0n) is 9.21. The number of rotatable bonds is 0. The van der Waals surface area contributed by atoms with Gasteiger partial charge in [0.15, 0.2) is 0 Å². The first kappa shape index (κ1) is 9.57. The molecule has 84 valence electrons. The van der Waals surface area contributed by atoms with Gasteiger partial charge in [-0.3, -0.25) is 0 Å². The van der Waals surface area contributed by atoms with Crippen LogP contribution in [0.25, 0.3) is 0 Å². The van der Waals surface area contributed by atoms with Crippen molar-refractivity contribution in [1.82, 2.24) is 0 Å². The summed E-state index contributed by atoms with van der Waals surface area (Å²) in [6.45, 7) is 0. The minimum absolute atomic E-state index is 0.300. The van der Waals surface area contributed by atoms with Crippen molar-refractivity contribution in [3.8, 4) is 0 Å². The Morgan fingerprint density at radius 3 is 2.53 bits per heavy atom. The van der Waals surface area contributed by atoms with E-state index in [0.717, 1.165) is 0 Å². The molecular weight excluding hydrogens is 228 g/mol. The maximum atomic E-state index is 6.27. The van der Waals surface area contributed by atoms with Gasteiger partial charge in [-0.2, -0.15) is 0 Å². The second-order valence-electron chi connectivity index (χ2n) is 4.49. The van der Waals surface area contributed by atoms with Gasteiger partial charge in [-0.25, -0.2) is 5.84 Å². The van der Waals surface area contributed by atoms with Gasteiger partial charge in [0.05, 0.1) is 17.0 Å². The summed E-state index contributed by atoms with van der Waals surface area (Å²) in [5, 5.41) is 2.38. The molecule has 3 heteroatoms. The zero-order chi connectivity index (χ0) is 11.4. The Hall–Kier alpha value is -1.45. The molecule has 2 unspecified atom stereocenters. The van der Waals surface area contributed by atoms with Gasteiger partial charge in [0.2, 0.25) is 0 Å². The molecule has 2 heterocycles. The lowest BCUT2D eigenvalue weighted by Crippen LogP contribution is -2.31. The summed E-state index contributed by atoms with van der Waals surface area (Å²) in [5.74, 6) is 6.27. The SMILES string of the molecule is NN1c2ccccc2C2Sc3ccccc3C21. The van der Waals surface area contributed by atoms with E-state index in [0.29, 0.717) is 11.3 Å². The monoisotopic (exact) mass is 240 g/mol. The second-order valence-corrected chi connectivity index (χ2v) is 5.67. The minimum Gasteiger partial charge on any atom is -0.302 e. The molecule has 2 atom stereocenters. The Kier molecular flexibility index (Phi) is 1.84. The van der Waals surface area contributed by atoms with Gasteiger partial charge >= 0.3 is 0 Å². The van der Waals surface area contributed by atoms with Gasteiger partial charge in [-0.15, -0.1) is 11.8 Å². The molecule has 0 aliphatic carbocycles. The van der Waals surface area contributed by atoms with Gasteiger partial charge in [-0.1, -0.05) is 36.4 Å². The number of anilines is 1. The smallest absolute Gasteiger partial charge is 0.0876 e. The first-order valence-electron chi connectivity index (χ1n) is 5.75. The first-order valence-corrected chi connectivity index (χ1v) is 6.62. The van der Waals surface area contributed by atoms with Gasteiger partial charge in [0.1, 0.15) is 0 Å². The molecule has 2 aliphatic rings. The number of hydrogen-bond acceptors (Lipinski definition) is 3. The van der Waals surface area contributed by atoms with Crippen LogP contribution in [-0.4, -0.2) is 0 Å². The van der Waals surface area contributed by atoms with E-state index >= 15 is 0 Å². The summed E-state index contributed by atoms with van der Waals surface area (Å²) in [5.41, 5.74) is 3.90. The second kappa shape index (κ2) is 3.28. The van der Waals surface area contributed by atoms with Crippen LogP contribution >= 0.6 is 11.8 Å². The van der Waals surface area contributed by atoms with Crippen LogP contribution in [0.3, 0.4) is 0 Å². The van der Waals surface area contributed by atoms with Gasteiger partial charge < -0.3 is 5.01 Å². The van der Waals surface area contributed by atoms with Crippen LogP contribution in [0.2, 0.25) is 0 Å². The van der Waals surface area contributed by atoms with E-state index in [2.05, 4.69) is 48.5 Å². The van der Waals surface area contributed by atoms with Crippen LogP contribution in [0.5, 0.6) is 0 Å². The molecule has 2 N–H and O–H groups in total. The van der Waals surface area contributed by atoms with E-state index in [1.165, 1.54) is 21.7 Å². The average Bonchev–Trinajstić information content (AvgIpc) is 2.88. The quantitative estimate of drug-likeness (QED) is 0.717. The molecule has 4 rings (SSSR count). The predicted octanol–water partition coefficient (Wildman–Crippen LogP) is 3.27. The van der Waals surface area contributed by atoms with Crippen molar-refractivity contribution in [3.05, 3.63) is 59.7 Å². The zero-order valence-corrected chi connectivity index (χ0v) is 10.0. The predicted molar refractivity (Wildman–Crippen MR) is 70.9 cm³/mol. The van der Waals surface area contributed by atoms with E-state index in [4.69, 9.17) is 5.84 Å². The molecule has 2 nitrogen and oxygen atoms in total. The number of hydrogen-bond donors (Lipinski definition) is 1. The van der Waals surface area contributed by atoms with Gasteiger partial charge in [-0.05, 0) is 23.3 Å². The van der Waals surface area contributed by atoms with Crippen LogP contribution in [0.4, 0.5) is 5.69 Å². The molecule has 0 spiro atoms. The lowest BCUT2D eigenvalue weighted by molar-refractivity contribution is 0.677. The molecule has 0 fully saturated rings.